The van der Waals surface area contributed by atoms with E-state index in [1.54, 1.807) is 24.3 Å². The van der Waals surface area contributed by atoms with Gasteiger partial charge in [-0.3, -0.25) is 0 Å². The first-order valence-corrected chi connectivity index (χ1v) is 5.34. The van der Waals surface area contributed by atoms with Gasteiger partial charge in [-0.05, 0) is 30.7 Å². The maximum absolute atomic E-state index is 11.2. The fourth-order valence-electron chi connectivity index (χ4n) is 1.49. The number of rotatable bonds is 5. The molecule has 5 nitrogen and oxygen atoms in total. The largest absolute Gasteiger partial charge is 0.465 e. The number of carbonyl (C=O) groups excluding carboxylic acids is 1. The van der Waals surface area contributed by atoms with E-state index >= 15 is 0 Å². The Balaban J connectivity index is 2.76. The molecule has 2 unspecified atom stereocenters. The predicted molar refractivity (Wildman–Crippen MR) is 62.4 cm³/mol. The maximum Gasteiger partial charge on any atom is 0.337 e. The molecule has 0 heterocycles. The van der Waals surface area contributed by atoms with Crippen LogP contribution in [0.25, 0.3) is 0 Å². The lowest BCUT2D eigenvalue weighted by molar-refractivity contribution is 0.0150. The lowest BCUT2D eigenvalue weighted by atomic mass is 10.0. The Morgan fingerprint density at radius 2 is 1.94 bits per heavy atom. The number of hydrogen-bond acceptors (Lipinski definition) is 5. The monoisotopic (exact) mass is 239 g/mol. The van der Waals surface area contributed by atoms with E-state index in [0.29, 0.717) is 24.1 Å². The molecule has 94 valence electrons. The van der Waals surface area contributed by atoms with Gasteiger partial charge in [0.25, 0.3) is 0 Å². The molecule has 17 heavy (non-hydrogen) atoms. The van der Waals surface area contributed by atoms with Crippen LogP contribution in [0.5, 0.6) is 0 Å². The molecule has 0 spiro atoms. The first-order chi connectivity index (χ1) is 8.10. The zero-order chi connectivity index (χ0) is 12.8. The average molecular weight is 239 g/mol. The van der Waals surface area contributed by atoms with Crippen molar-refractivity contribution in [3.05, 3.63) is 35.4 Å². The van der Waals surface area contributed by atoms with E-state index in [1.807, 2.05) is 0 Å². The second-order valence-electron chi connectivity index (χ2n) is 3.70. The van der Waals surface area contributed by atoms with E-state index in [9.17, 15) is 15.0 Å². The van der Waals surface area contributed by atoms with Crippen molar-refractivity contribution in [3.8, 4) is 0 Å². The van der Waals surface area contributed by atoms with Crippen LogP contribution in [-0.4, -0.2) is 35.9 Å². The SMILES string of the molecule is COC(=O)c1ccc(C(O)C(O)CCN)cc1. The molecule has 0 fully saturated rings. The molecule has 4 N–H and O–H groups in total. The third-order valence-corrected chi connectivity index (χ3v) is 2.50. The summed E-state index contributed by atoms with van der Waals surface area (Å²) in [5, 5.41) is 19.4. The highest BCUT2D eigenvalue weighted by molar-refractivity contribution is 5.89. The Kier molecular flexibility index (Phi) is 5.09. The van der Waals surface area contributed by atoms with Crippen molar-refractivity contribution in [2.75, 3.05) is 13.7 Å². The number of aliphatic hydroxyl groups excluding tert-OH is 2. The molecule has 0 amide bonds. The van der Waals surface area contributed by atoms with Gasteiger partial charge in [0.2, 0.25) is 0 Å². The van der Waals surface area contributed by atoms with Crippen LogP contribution < -0.4 is 5.73 Å². The van der Waals surface area contributed by atoms with E-state index in [1.165, 1.54) is 7.11 Å². The molecule has 2 atom stereocenters. The van der Waals surface area contributed by atoms with Crippen LogP contribution in [0.3, 0.4) is 0 Å². The van der Waals surface area contributed by atoms with Crippen LogP contribution in [0, 0.1) is 0 Å². The molecule has 0 aliphatic carbocycles. The summed E-state index contributed by atoms with van der Waals surface area (Å²) in [5.41, 5.74) is 6.24. The molecule has 5 heteroatoms. The molecule has 0 aromatic heterocycles. The minimum atomic E-state index is -0.995. The lowest BCUT2D eigenvalue weighted by Crippen LogP contribution is -2.21. The van der Waals surface area contributed by atoms with Gasteiger partial charge in [-0.1, -0.05) is 12.1 Å². The zero-order valence-electron chi connectivity index (χ0n) is 9.67. The molecule has 1 aromatic carbocycles. The van der Waals surface area contributed by atoms with E-state index in [2.05, 4.69) is 4.74 Å². The summed E-state index contributed by atoms with van der Waals surface area (Å²) in [6, 6.07) is 6.24. The van der Waals surface area contributed by atoms with Crippen molar-refractivity contribution in [1.82, 2.24) is 0 Å². The minimum Gasteiger partial charge on any atom is -0.465 e. The number of aliphatic hydroxyl groups is 2. The quantitative estimate of drug-likeness (QED) is 0.639. The Bertz CT molecular complexity index is 363. The number of benzene rings is 1. The van der Waals surface area contributed by atoms with Crippen molar-refractivity contribution in [3.63, 3.8) is 0 Å². The van der Waals surface area contributed by atoms with Gasteiger partial charge in [-0.15, -0.1) is 0 Å². The van der Waals surface area contributed by atoms with Gasteiger partial charge in [0.1, 0.15) is 6.10 Å². The van der Waals surface area contributed by atoms with E-state index in [0.717, 1.165) is 0 Å². The summed E-state index contributed by atoms with van der Waals surface area (Å²) >= 11 is 0. The zero-order valence-corrected chi connectivity index (χ0v) is 9.67. The van der Waals surface area contributed by atoms with Crippen LogP contribution in [0.1, 0.15) is 28.4 Å². The summed E-state index contributed by atoms with van der Waals surface area (Å²) in [6.07, 6.45) is -1.57. The minimum absolute atomic E-state index is 0.304. The Labute approximate surface area is 99.8 Å². The third-order valence-electron chi connectivity index (χ3n) is 2.50. The molecule has 0 saturated heterocycles. The molecule has 1 rings (SSSR count). The van der Waals surface area contributed by atoms with E-state index in [4.69, 9.17) is 5.73 Å². The molecule has 0 saturated carbocycles. The van der Waals surface area contributed by atoms with Crippen molar-refractivity contribution in [1.29, 1.82) is 0 Å². The highest BCUT2D eigenvalue weighted by atomic mass is 16.5. The lowest BCUT2D eigenvalue weighted by Gasteiger charge is -2.17. The molecule has 0 radical (unpaired) electrons. The van der Waals surface area contributed by atoms with Gasteiger partial charge < -0.3 is 20.7 Å². The summed E-state index contributed by atoms with van der Waals surface area (Å²) in [7, 11) is 1.30. The topological polar surface area (TPSA) is 92.8 Å². The molecule has 1 aromatic rings. The molecule has 0 bridgehead atoms. The van der Waals surface area contributed by atoms with Crippen molar-refractivity contribution >= 4 is 5.97 Å². The van der Waals surface area contributed by atoms with Crippen LogP contribution in [0.15, 0.2) is 24.3 Å². The summed E-state index contributed by atoms with van der Waals surface area (Å²) in [6.45, 7) is 0.304. The molecule has 0 aliphatic rings. The number of methoxy groups -OCH3 is 1. The third kappa shape index (κ3) is 3.52. The first-order valence-electron chi connectivity index (χ1n) is 5.34. The Morgan fingerprint density at radius 1 is 1.35 bits per heavy atom. The van der Waals surface area contributed by atoms with Gasteiger partial charge in [0.05, 0.1) is 18.8 Å². The van der Waals surface area contributed by atoms with E-state index < -0.39 is 18.2 Å². The van der Waals surface area contributed by atoms with Crippen molar-refractivity contribution < 1.29 is 19.7 Å². The number of esters is 1. The number of nitrogens with two attached hydrogens (primary N) is 1. The highest BCUT2D eigenvalue weighted by Crippen LogP contribution is 2.19. The van der Waals surface area contributed by atoms with Gasteiger partial charge in [0, 0.05) is 0 Å². The summed E-state index contributed by atoms with van der Waals surface area (Å²) < 4.78 is 4.56. The van der Waals surface area contributed by atoms with Crippen LogP contribution in [0.4, 0.5) is 0 Å². The van der Waals surface area contributed by atoms with Crippen LogP contribution in [-0.2, 0) is 4.74 Å². The number of carbonyl (C=O) groups is 1. The second-order valence-corrected chi connectivity index (χ2v) is 3.70. The normalized spacial score (nSPS) is 14.1. The van der Waals surface area contributed by atoms with Crippen LogP contribution >= 0.6 is 0 Å². The fraction of sp³-hybridized carbons (Fsp3) is 0.417. The van der Waals surface area contributed by atoms with Gasteiger partial charge in [-0.2, -0.15) is 0 Å². The summed E-state index contributed by atoms with van der Waals surface area (Å²) in [5.74, 6) is -0.437. The number of ether oxygens (including phenoxy) is 1. The Hall–Kier alpha value is -1.43. The number of hydrogen-bond donors (Lipinski definition) is 3. The summed E-state index contributed by atoms with van der Waals surface area (Å²) in [4.78, 5) is 11.2. The predicted octanol–water partition coefficient (Wildman–Crippen LogP) is 0.216. The second kappa shape index (κ2) is 6.34. The standard InChI is InChI=1S/C12H17NO4/c1-17-12(16)9-4-2-8(3-5-9)11(15)10(14)6-7-13/h2-5,10-11,14-15H,6-7,13H2,1H3. The van der Waals surface area contributed by atoms with Crippen LogP contribution in [0.2, 0.25) is 0 Å². The molecular weight excluding hydrogens is 222 g/mol. The maximum atomic E-state index is 11.2. The smallest absolute Gasteiger partial charge is 0.337 e. The molecule has 0 aliphatic heterocycles. The van der Waals surface area contributed by atoms with Gasteiger partial charge in [-0.25, -0.2) is 4.79 Å². The fourth-order valence-corrected chi connectivity index (χ4v) is 1.49. The molecular formula is C12H17NO4. The van der Waals surface area contributed by atoms with Crippen molar-refractivity contribution in [2.24, 2.45) is 5.73 Å². The first kappa shape index (κ1) is 13.6. The van der Waals surface area contributed by atoms with Gasteiger partial charge in [0.15, 0.2) is 0 Å². The average Bonchev–Trinajstić information content (AvgIpc) is 2.37. The Morgan fingerprint density at radius 3 is 2.41 bits per heavy atom. The van der Waals surface area contributed by atoms with E-state index in [-0.39, 0.29) is 0 Å². The van der Waals surface area contributed by atoms with Gasteiger partial charge >= 0.3 is 5.97 Å². The highest BCUT2D eigenvalue weighted by Gasteiger charge is 2.17. The van der Waals surface area contributed by atoms with Crippen molar-refractivity contribution in [2.45, 2.75) is 18.6 Å².